The Morgan fingerprint density at radius 3 is 2.80 bits per heavy atom. The molecule has 0 amide bonds. The first-order chi connectivity index (χ1) is 7.19. The van der Waals surface area contributed by atoms with Crippen molar-refractivity contribution in [2.45, 2.75) is 13.3 Å². The Kier molecular flexibility index (Phi) is 5.40. The summed E-state index contributed by atoms with van der Waals surface area (Å²) >= 11 is 9.20. The molecule has 0 aliphatic heterocycles. The van der Waals surface area contributed by atoms with Gasteiger partial charge >= 0.3 is 0 Å². The van der Waals surface area contributed by atoms with Crippen LogP contribution < -0.4 is 4.74 Å². The summed E-state index contributed by atoms with van der Waals surface area (Å²) in [6.45, 7) is 2.54. The van der Waals surface area contributed by atoms with Crippen LogP contribution in [0, 0.1) is 11.7 Å². The topological polar surface area (TPSA) is 9.23 Å². The van der Waals surface area contributed by atoms with E-state index in [-0.39, 0.29) is 5.75 Å². The van der Waals surface area contributed by atoms with Gasteiger partial charge in [-0.25, -0.2) is 4.39 Å². The average Bonchev–Trinajstić information content (AvgIpc) is 2.23. The van der Waals surface area contributed by atoms with Crippen LogP contribution in [0.2, 0.25) is 5.02 Å². The second-order valence-electron chi connectivity index (χ2n) is 3.29. The van der Waals surface area contributed by atoms with E-state index in [9.17, 15) is 4.39 Å². The van der Waals surface area contributed by atoms with Gasteiger partial charge in [-0.15, -0.1) is 0 Å². The lowest BCUT2D eigenvalue weighted by Crippen LogP contribution is -2.13. The Morgan fingerprint density at radius 1 is 1.53 bits per heavy atom. The predicted molar refractivity (Wildman–Crippen MR) is 64.5 cm³/mol. The summed E-state index contributed by atoms with van der Waals surface area (Å²) in [6, 6.07) is 4.53. The van der Waals surface area contributed by atoms with Crippen LogP contribution in [-0.4, -0.2) is 11.9 Å². The molecule has 1 atom stereocenters. The summed E-state index contributed by atoms with van der Waals surface area (Å²) < 4.78 is 18.7. The number of ether oxygens (including phenoxy) is 1. The summed E-state index contributed by atoms with van der Waals surface area (Å²) in [6.07, 6.45) is 0.983. The molecule has 0 saturated heterocycles. The highest BCUT2D eigenvalue weighted by molar-refractivity contribution is 9.09. The van der Waals surface area contributed by atoms with Crippen molar-refractivity contribution >= 4 is 27.5 Å². The van der Waals surface area contributed by atoms with E-state index < -0.39 is 5.82 Å². The van der Waals surface area contributed by atoms with Crippen molar-refractivity contribution in [2.24, 2.45) is 5.92 Å². The smallest absolute Gasteiger partial charge is 0.173 e. The SMILES string of the molecule is CCC(CBr)COc1c(F)cccc1Cl. The third-order valence-corrected chi connectivity index (χ3v) is 3.39. The number of alkyl halides is 1. The summed E-state index contributed by atoms with van der Waals surface area (Å²) in [7, 11) is 0. The quantitative estimate of drug-likeness (QED) is 0.737. The van der Waals surface area contributed by atoms with Crippen LogP contribution in [-0.2, 0) is 0 Å². The molecule has 0 bridgehead atoms. The number of para-hydroxylation sites is 1. The Labute approximate surface area is 103 Å². The van der Waals surface area contributed by atoms with E-state index in [2.05, 4.69) is 22.9 Å². The Balaban J connectivity index is 2.64. The molecule has 1 aromatic rings. The number of hydrogen-bond donors (Lipinski definition) is 0. The number of benzene rings is 1. The van der Waals surface area contributed by atoms with Crippen molar-refractivity contribution in [1.29, 1.82) is 0 Å². The minimum Gasteiger partial charge on any atom is -0.489 e. The lowest BCUT2D eigenvalue weighted by molar-refractivity contribution is 0.249. The van der Waals surface area contributed by atoms with Crippen LogP contribution in [0.3, 0.4) is 0 Å². The van der Waals surface area contributed by atoms with Crippen LogP contribution in [0.1, 0.15) is 13.3 Å². The van der Waals surface area contributed by atoms with Gasteiger partial charge in [0.15, 0.2) is 11.6 Å². The van der Waals surface area contributed by atoms with Crippen molar-refractivity contribution < 1.29 is 9.13 Å². The van der Waals surface area contributed by atoms with E-state index >= 15 is 0 Å². The largest absolute Gasteiger partial charge is 0.489 e. The summed E-state index contributed by atoms with van der Waals surface area (Å²) in [5.41, 5.74) is 0. The Hall–Kier alpha value is -0.280. The molecule has 0 N–H and O–H groups in total. The molecule has 1 nitrogen and oxygen atoms in total. The molecule has 1 unspecified atom stereocenters. The highest BCUT2D eigenvalue weighted by Gasteiger charge is 2.11. The van der Waals surface area contributed by atoms with Gasteiger partial charge in [0.1, 0.15) is 0 Å². The first-order valence-electron chi connectivity index (χ1n) is 4.81. The van der Waals surface area contributed by atoms with Crippen LogP contribution in [0.15, 0.2) is 18.2 Å². The van der Waals surface area contributed by atoms with Gasteiger partial charge in [-0.2, -0.15) is 0 Å². The van der Waals surface area contributed by atoms with Crippen molar-refractivity contribution in [3.8, 4) is 5.75 Å². The lowest BCUT2D eigenvalue weighted by Gasteiger charge is -2.14. The molecule has 0 saturated carbocycles. The molecule has 0 aromatic heterocycles. The molecule has 0 fully saturated rings. The maximum atomic E-state index is 13.3. The van der Waals surface area contributed by atoms with E-state index in [0.717, 1.165) is 11.8 Å². The number of halogens is 3. The summed E-state index contributed by atoms with van der Waals surface area (Å²) in [5.74, 6) is 0.117. The fourth-order valence-corrected chi connectivity index (χ4v) is 1.96. The molecule has 0 heterocycles. The Bertz CT molecular complexity index is 295. The second-order valence-corrected chi connectivity index (χ2v) is 4.35. The van der Waals surface area contributed by atoms with Gasteiger partial charge in [0.2, 0.25) is 0 Å². The number of rotatable bonds is 5. The van der Waals surface area contributed by atoms with Crippen molar-refractivity contribution in [2.75, 3.05) is 11.9 Å². The first-order valence-corrected chi connectivity index (χ1v) is 6.31. The van der Waals surface area contributed by atoms with Gasteiger partial charge in [-0.1, -0.05) is 40.5 Å². The summed E-state index contributed by atoms with van der Waals surface area (Å²) in [5, 5.41) is 1.16. The van der Waals surface area contributed by atoms with E-state index in [1.807, 2.05) is 0 Å². The van der Waals surface area contributed by atoms with Crippen molar-refractivity contribution in [3.63, 3.8) is 0 Å². The molecule has 0 aliphatic rings. The molecule has 15 heavy (non-hydrogen) atoms. The maximum absolute atomic E-state index is 13.3. The first kappa shape index (κ1) is 12.8. The van der Waals surface area contributed by atoms with Crippen molar-refractivity contribution in [3.05, 3.63) is 29.0 Å². The van der Waals surface area contributed by atoms with E-state index in [1.165, 1.54) is 6.07 Å². The normalized spacial score (nSPS) is 12.5. The molecular weight excluding hydrogens is 282 g/mol. The maximum Gasteiger partial charge on any atom is 0.173 e. The molecule has 0 spiro atoms. The lowest BCUT2D eigenvalue weighted by atomic mass is 10.1. The monoisotopic (exact) mass is 294 g/mol. The fraction of sp³-hybridized carbons (Fsp3) is 0.455. The van der Waals surface area contributed by atoms with E-state index in [1.54, 1.807) is 12.1 Å². The van der Waals surface area contributed by atoms with Crippen LogP contribution >= 0.6 is 27.5 Å². The van der Waals surface area contributed by atoms with Gasteiger partial charge in [-0.05, 0) is 18.6 Å². The van der Waals surface area contributed by atoms with E-state index in [0.29, 0.717) is 17.5 Å². The Morgan fingerprint density at radius 2 is 2.27 bits per heavy atom. The summed E-state index contributed by atoms with van der Waals surface area (Å²) in [4.78, 5) is 0. The zero-order chi connectivity index (χ0) is 11.3. The zero-order valence-corrected chi connectivity index (χ0v) is 10.8. The van der Waals surface area contributed by atoms with Gasteiger partial charge in [0.05, 0.1) is 11.6 Å². The van der Waals surface area contributed by atoms with Gasteiger partial charge < -0.3 is 4.74 Å². The molecular formula is C11H13BrClFO. The number of hydrogen-bond acceptors (Lipinski definition) is 1. The van der Waals surface area contributed by atoms with Crippen LogP contribution in [0.25, 0.3) is 0 Å². The third kappa shape index (κ3) is 3.65. The molecule has 0 aliphatic carbocycles. The molecule has 0 radical (unpaired) electrons. The fourth-order valence-electron chi connectivity index (χ4n) is 1.09. The van der Waals surface area contributed by atoms with Gasteiger partial charge in [0.25, 0.3) is 0 Å². The molecule has 4 heteroatoms. The minimum absolute atomic E-state index is 0.151. The van der Waals surface area contributed by atoms with Gasteiger partial charge in [-0.3, -0.25) is 0 Å². The zero-order valence-electron chi connectivity index (χ0n) is 8.47. The molecule has 1 aromatic carbocycles. The average molecular weight is 296 g/mol. The third-order valence-electron chi connectivity index (χ3n) is 2.18. The molecule has 1 rings (SSSR count). The van der Waals surface area contributed by atoms with Gasteiger partial charge in [0, 0.05) is 11.2 Å². The second kappa shape index (κ2) is 6.33. The highest BCUT2D eigenvalue weighted by atomic mass is 79.9. The predicted octanol–water partition coefficient (Wildman–Crippen LogP) is 4.28. The standard InChI is InChI=1S/C11H13BrClFO/c1-2-8(6-12)7-15-11-9(13)4-3-5-10(11)14/h3-5,8H,2,6-7H2,1H3. The minimum atomic E-state index is -0.410. The highest BCUT2D eigenvalue weighted by Crippen LogP contribution is 2.27. The van der Waals surface area contributed by atoms with E-state index in [4.69, 9.17) is 16.3 Å². The van der Waals surface area contributed by atoms with Crippen molar-refractivity contribution in [1.82, 2.24) is 0 Å². The molecule has 84 valence electrons. The van der Waals surface area contributed by atoms with Crippen LogP contribution in [0.5, 0.6) is 5.75 Å². The van der Waals surface area contributed by atoms with Crippen LogP contribution in [0.4, 0.5) is 4.39 Å².